The van der Waals surface area contributed by atoms with Crippen molar-refractivity contribution in [1.29, 1.82) is 0 Å². The molecule has 0 N–H and O–H groups in total. The van der Waals surface area contributed by atoms with Crippen molar-refractivity contribution in [3.8, 4) is 0 Å². The summed E-state index contributed by atoms with van der Waals surface area (Å²) in [6.45, 7) is 0. The van der Waals surface area contributed by atoms with Crippen LogP contribution in [0.1, 0.15) is 0 Å². The zero-order valence-electron chi connectivity index (χ0n) is 1.01. The second-order valence-corrected chi connectivity index (χ2v) is 0. The van der Waals surface area contributed by atoms with Crippen LogP contribution in [-0.2, 0) is 22.4 Å². The van der Waals surface area contributed by atoms with Crippen molar-refractivity contribution < 1.29 is 22.4 Å². The van der Waals surface area contributed by atoms with E-state index in [0.29, 0.717) is 0 Å². The Kier molecular flexibility index (Phi) is 156. The molecule has 0 rings (SSSR count). The summed E-state index contributed by atoms with van der Waals surface area (Å²) in [4.78, 5) is 0. The zero-order chi connectivity index (χ0) is 0. The normalized spacial score (nSPS) is 0. The molecule has 3 radical (unpaired) electrons. The first-order valence-corrected chi connectivity index (χ1v) is 0. The van der Waals surface area contributed by atoms with Crippen LogP contribution < -0.4 is 0 Å². The van der Waals surface area contributed by atoms with Gasteiger partial charge in [-0.05, 0) is 11.0 Å². The molecule has 0 aromatic heterocycles. The third kappa shape index (κ3) is 8.86. The molecule has 0 fully saturated rings. The third-order valence-electron chi connectivity index (χ3n) is 0. The SMILES string of the molecule is [Ag].[AlH3].[SiH4].[SnH2]. The quantitative estimate of drug-likeness (QED) is 0.405. The summed E-state index contributed by atoms with van der Waals surface area (Å²) in [6, 6.07) is 0. The average molecular weight is 291 g/mol. The molecule has 0 amide bonds. The van der Waals surface area contributed by atoms with E-state index in [-0.39, 0.29) is 74.6 Å². The predicted molar refractivity (Wildman–Crippen MR) is 29.8 cm³/mol. The molecule has 0 aromatic carbocycles. The van der Waals surface area contributed by atoms with Crippen LogP contribution in [0.4, 0.5) is 0 Å². The van der Waals surface area contributed by atoms with E-state index in [0.717, 1.165) is 0 Å². The Balaban J connectivity index is 0. The van der Waals surface area contributed by atoms with Crippen molar-refractivity contribution in [3.63, 3.8) is 0 Å². The van der Waals surface area contributed by atoms with E-state index < -0.39 is 0 Å². The van der Waals surface area contributed by atoms with Crippen molar-refractivity contribution in [2.75, 3.05) is 0 Å². The van der Waals surface area contributed by atoms with Gasteiger partial charge in [0, 0.05) is 22.4 Å². The molecule has 0 unspecified atom stereocenters. The van der Waals surface area contributed by atoms with Crippen molar-refractivity contribution >= 4 is 52.2 Å². The fraction of sp³-hybridized carbons (Fsp3) is 0. The Morgan fingerprint density at radius 1 is 1.00 bits per heavy atom. The van der Waals surface area contributed by atoms with Crippen molar-refractivity contribution in [2.24, 2.45) is 0 Å². The van der Waals surface area contributed by atoms with Gasteiger partial charge in [0.2, 0.25) is 0 Å². The second kappa shape index (κ2) is 18.6. The monoisotopic (exact) mass is 291 g/mol. The maximum atomic E-state index is 0. The van der Waals surface area contributed by atoms with Gasteiger partial charge in [-0.15, -0.1) is 0 Å². The molecule has 4 heavy (non-hydrogen) atoms. The van der Waals surface area contributed by atoms with Gasteiger partial charge in [0.15, 0.2) is 17.4 Å². The van der Waals surface area contributed by atoms with E-state index in [2.05, 4.69) is 0 Å². The van der Waals surface area contributed by atoms with Gasteiger partial charge in [0.1, 0.15) is 0 Å². The molecular formula is H9AgAlSiSn. The molecule has 0 nitrogen and oxygen atoms in total. The molecular weight excluding hydrogens is 282 g/mol. The minimum atomic E-state index is 0. The van der Waals surface area contributed by atoms with Crippen LogP contribution >= 0.6 is 0 Å². The summed E-state index contributed by atoms with van der Waals surface area (Å²) in [5.41, 5.74) is 0. The van der Waals surface area contributed by atoms with E-state index in [1.807, 2.05) is 0 Å². The molecule has 0 heterocycles. The number of hydrogen-bond acceptors (Lipinski definition) is 0. The molecule has 0 spiro atoms. The standard InChI is InChI=1S/Ag.Al.H4Si.Sn.5H/h;;1H4;;;;;;. The minimum absolute atomic E-state index is 0. The summed E-state index contributed by atoms with van der Waals surface area (Å²) >= 11 is 0. The third-order valence-corrected chi connectivity index (χ3v) is 0. The van der Waals surface area contributed by atoms with Crippen LogP contribution in [0.2, 0.25) is 0 Å². The molecule has 0 aliphatic carbocycles. The van der Waals surface area contributed by atoms with Gasteiger partial charge in [-0.3, -0.25) is 0 Å². The summed E-state index contributed by atoms with van der Waals surface area (Å²) in [7, 11) is 0. The first-order chi connectivity index (χ1) is 0. The predicted octanol–water partition coefficient (Wildman–Crippen LogP) is -3.55. The Labute approximate surface area is 73.7 Å². The summed E-state index contributed by atoms with van der Waals surface area (Å²) in [5, 5.41) is 0. The van der Waals surface area contributed by atoms with E-state index in [9.17, 15) is 0 Å². The Morgan fingerprint density at radius 3 is 1.00 bits per heavy atom. The zero-order valence-corrected chi connectivity index (χ0v) is 6.53. The van der Waals surface area contributed by atoms with Gasteiger partial charge in [-0.25, -0.2) is 0 Å². The van der Waals surface area contributed by atoms with Gasteiger partial charge in [0.25, 0.3) is 0 Å². The Bertz CT molecular complexity index is 8.00. The fourth-order valence-electron chi connectivity index (χ4n) is 0. The van der Waals surface area contributed by atoms with Crippen molar-refractivity contribution in [2.45, 2.75) is 0 Å². The van der Waals surface area contributed by atoms with Crippen LogP contribution in [0.15, 0.2) is 0 Å². The van der Waals surface area contributed by atoms with E-state index in [1.165, 1.54) is 0 Å². The van der Waals surface area contributed by atoms with Gasteiger partial charge in [-0.1, -0.05) is 0 Å². The molecule has 0 saturated carbocycles. The van der Waals surface area contributed by atoms with Crippen LogP contribution in [0.5, 0.6) is 0 Å². The molecule has 4 heteroatoms. The van der Waals surface area contributed by atoms with Gasteiger partial charge in [0.05, 0.1) is 0 Å². The molecule has 31 valence electrons. The van der Waals surface area contributed by atoms with Gasteiger partial charge in [-0.2, -0.15) is 0 Å². The van der Waals surface area contributed by atoms with Crippen LogP contribution in [0.25, 0.3) is 0 Å². The first kappa shape index (κ1) is 33.6. The molecule has 0 aliphatic rings. The Hall–Kier alpha value is 2.29. The maximum absolute atomic E-state index is 0. The number of hydrogen-bond donors (Lipinski definition) is 0. The molecule has 0 aromatic rings. The van der Waals surface area contributed by atoms with Crippen molar-refractivity contribution in [3.05, 3.63) is 0 Å². The van der Waals surface area contributed by atoms with Gasteiger partial charge < -0.3 is 0 Å². The van der Waals surface area contributed by atoms with Crippen LogP contribution in [0, 0.1) is 0 Å². The second-order valence-electron chi connectivity index (χ2n) is 0. The fourth-order valence-corrected chi connectivity index (χ4v) is 0. The van der Waals surface area contributed by atoms with E-state index in [1.54, 1.807) is 0 Å². The average Bonchev–Trinajstić information content (AvgIpc) is 0. The molecule has 0 bridgehead atoms. The Morgan fingerprint density at radius 2 is 1.00 bits per heavy atom. The molecule has 0 aliphatic heterocycles. The number of rotatable bonds is 0. The summed E-state index contributed by atoms with van der Waals surface area (Å²) in [6.07, 6.45) is 0. The van der Waals surface area contributed by atoms with E-state index >= 15 is 0 Å². The van der Waals surface area contributed by atoms with Crippen molar-refractivity contribution in [1.82, 2.24) is 0 Å². The summed E-state index contributed by atoms with van der Waals surface area (Å²) in [5.74, 6) is 0. The molecule has 0 saturated heterocycles. The van der Waals surface area contributed by atoms with Crippen LogP contribution in [0.3, 0.4) is 0 Å². The van der Waals surface area contributed by atoms with E-state index in [4.69, 9.17) is 0 Å². The van der Waals surface area contributed by atoms with Crippen LogP contribution in [-0.4, -0.2) is 52.2 Å². The molecule has 0 atom stereocenters. The summed E-state index contributed by atoms with van der Waals surface area (Å²) < 4.78 is 0. The topological polar surface area (TPSA) is 0 Å². The first-order valence-electron chi connectivity index (χ1n) is 0. The van der Waals surface area contributed by atoms with Gasteiger partial charge >= 0.3 is 23.9 Å².